The molecule has 124 valence electrons. The van der Waals surface area contributed by atoms with Crippen LogP contribution in [-0.4, -0.2) is 54.7 Å². The van der Waals surface area contributed by atoms with Gasteiger partial charge in [-0.25, -0.2) is 13.2 Å². The van der Waals surface area contributed by atoms with E-state index in [1.165, 1.54) is 11.4 Å². The molecule has 2 aromatic rings. The number of aryl methyl sites for hydroxylation is 1. The number of sulfonamides is 1. The van der Waals surface area contributed by atoms with Gasteiger partial charge in [0.25, 0.3) is 0 Å². The number of carbonyl (C=O) groups is 1. The Hall–Kier alpha value is -1.90. The van der Waals surface area contributed by atoms with Gasteiger partial charge in [-0.2, -0.15) is 4.31 Å². The SMILES string of the molecule is COC(C(=O)O)C1CN(S(=O)(=O)c2ccc3ccn(C)c3c2)C1. The molecular weight excluding hydrogens is 320 g/mol. The number of fused-ring (bicyclic) bond motifs is 1. The number of methoxy groups -OCH3 is 1. The molecule has 7 nitrogen and oxygen atoms in total. The van der Waals surface area contributed by atoms with E-state index in [2.05, 4.69) is 0 Å². The van der Waals surface area contributed by atoms with Crippen molar-refractivity contribution in [1.29, 1.82) is 0 Å². The number of benzene rings is 1. The van der Waals surface area contributed by atoms with Crippen molar-refractivity contribution < 1.29 is 23.1 Å². The molecule has 1 aromatic heterocycles. The van der Waals surface area contributed by atoms with Gasteiger partial charge in [-0.15, -0.1) is 0 Å². The fourth-order valence-corrected chi connectivity index (χ4v) is 4.48. The third kappa shape index (κ3) is 2.62. The smallest absolute Gasteiger partial charge is 0.333 e. The van der Waals surface area contributed by atoms with Gasteiger partial charge in [-0.1, -0.05) is 6.07 Å². The van der Waals surface area contributed by atoms with Crippen LogP contribution < -0.4 is 0 Å². The van der Waals surface area contributed by atoms with E-state index in [-0.39, 0.29) is 23.9 Å². The number of aromatic nitrogens is 1. The Kier molecular flexibility index (Phi) is 3.91. The van der Waals surface area contributed by atoms with Crippen LogP contribution >= 0.6 is 0 Å². The first-order valence-electron chi connectivity index (χ1n) is 7.15. The molecule has 0 bridgehead atoms. The van der Waals surface area contributed by atoms with E-state index < -0.39 is 22.1 Å². The van der Waals surface area contributed by atoms with Crippen molar-refractivity contribution in [2.45, 2.75) is 11.0 Å². The average molecular weight is 338 g/mol. The van der Waals surface area contributed by atoms with Gasteiger partial charge < -0.3 is 14.4 Å². The molecule has 1 unspecified atom stereocenters. The van der Waals surface area contributed by atoms with Crippen molar-refractivity contribution in [2.75, 3.05) is 20.2 Å². The lowest BCUT2D eigenvalue weighted by Crippen LogP contribution is -2.56. The summed E-state index contributed by atoms with van der Waals surface area (Å²) in [6.45, 7) is 0.302. The van der Waals surface area contributed by atoms with Crippen LogP contribution in [0.25, 0.3) is 10.9 Å². The summed E-state index contributed by atoms with van der Waals surface area (Å²) in [5.74, 6) is -1.40. The maximum Gasteiger partial charge on any atom is 0.333 e. The van der Waals surface area contributed by atoms with E-state index >= 15 is 0 Å². The second-order valence-corrected chi connectivity index (χ2v) is 7.66. The monoisotopic (exact) mass is 338 g/mol. The summed E-state index contributed by atoms with van der Waals surface area (Å²) < 4.78 is 33.4. The highest BCUT2D eigenvalue weighted by Gasteiger charge is 2.43. The largest absolute Gasteiger partial charge is 0.479 e. The maximum absolute atomic E-state index is 12.6. The molecule has 0 amide bonds. The van der Waals surface area contributed by atoms with Crippen LogP contribution in [0.15, 0.2) is 35.4 Å². The van der Waals surface area contributed by atoms with Crippen molar-refractivity contribution in [3.8, 4) is 0 Å². The molecule has 1 aliphatic rings. The zero-order valence-corrected chi connectivity index (χ0v) is 13.7. The van der Waals surface area contributed by atoms with Crippen molar-refractivity contribution in [2.24, 2.45) is 13.0 Å². The molecule has 1 aliphatic heterocycles. The van der Waals surface area contributed by atoms with E-state index in [0.29, 0.717) is 0 Å². The van der Waals surface area contributed by atoms with Crippen molar-refractivity contribution in [3.63, 3.8) is 0 Å². The summed E-state index contributed by atoms with van der Waals surface area (Å²) in [5.41, 5.74) is 0.837. The van der Waals surface area contributed by atoms with Crippen LogP contribution in [0.5, 0.6) is 0 Å². The van der Waals surface area contributed by atoms with E-state index in [9.17, 15) is 13.2 Å². The number of carboxylic acid groups (broad SMARTS) is 1. The van der Waals surface area contributed by atoms with E-state index in [1.807, 2.05) is 23.9 Å². The number of carboxylic acids is 1. The lowest BCUT2D eigenvalue weighted by molar-refractivity contribution is -0.154. The second-order valence-electron chi connectivity index (χ2n) is 5.72. The third-order valence-electron chi connectivity index (χ3n) is 4.30. The molecule has 0 saturated carbocycles. The fourth-order valence-electron chi connectivity index (χ4n) is 2.90. The Morgan fingerprint density at radius 3 is 2.65 bits per heavy atom. The molecule has 1 saturated heterocycles. The van der Waals surface area contributed by atoms with Crippen LogP contribution in [0, 0.1) is 5.92 Å². The standard InChI is InChI=1S/C15H18N2O5S/c1-16-6-5-10-3-4-12(7-13(10)16)23(20,21)17-8-11(9-17)14(22-2)15(18)19/h3-7,11,14H,8-9H2,1-2H3,(H,18,19). The second kappa shape index (κ2) is 5.63. The molecule has 1 N–H and O–H groups in total. The third-order valence-corrected chi connectivity index (χ3v) is 6.13. The Labute approximate surface area is 134 Å². The van der Waals surface area contributed by atoms with Crippen molar-refractivity contribution in [1.82, 2.24) is 8.87 Å². The minimum absolute atomic E-state index is 0.151. The Morgan fingerprint density at radius 1 is 1.35 bits per heavy atom. The molecule has 1 fully saturated rings. The Bertz CT molecular complexity index is 852. The van der Waals surface area contributed by atoms with E-state index in [1.54, 1.807) is 18.2 Å². The summed E-state index contributed by atoms with van der Waals surface area (Å²) in [6, 6.07) is 6.91. The quantitative estimate of drug-likeness (QED) is 0.875. The highest BCUT2D eigenvalue weighted by atomic mass is 32.2. The molecule has 1 aromatic carbocycles. The first-order chi connectivity index (χ1) is 10.8. The van der Waals surface area contributed by atoms with Crippen LogP contribution in [-0.2, 0) is 26.6 Å². The molecular formula is C15H18N2O5S. The van der Waals surface area contributed by atoms with E-state index in [4.69, 9.17) is 9.84 Å². The minimum atomic E-state index is -3.62. The number of ether oxygens (including phenoxy) is 1. The van der Waals surface area contributed by atoms with Crippen LogP contribution in [0.4, 0.5) is 0 Å². The zero-order valence-electron chi connectivity index (χ0n) is 12.8. The van der Waals surface area contributed by atoms with Gasteiger partial charge in [0.2, 0.25) is 10.0 Å². The highest BCUT2D eigenvalue weighted by molar-refractivity contribution is 7.89. The van der Waals surface area contributed by atoms with Crippen LogP contribution in [0.1, 0.15) is 0 Å². The summed E-state index contributed by atoms with van der Waals surface area (Å²) in [6.07, 6.45) is 0.897. The van der Waals surface area contributed by atoms with Gasteiger partial charge in [-0.3, -0.25) is 0 Å². The van der Waals surface area contributed by atoms with Crippen LogP contribution in [0.3, 0.4) is 0 Å². The Balaban J connectivity index is 1.82. The lowest BCUT2D eigenvalue weighted by atomic mass is 9.96. The molecule has 8 heteroatoms. The van der Waals surface area contributed by atoms with Gasteiger partial charge in [-0.05, 0) is 23.6 Å². The Morgan fingerprint density at radius 2 is 2.04 bits per heavy atom. The molecule has 2 heterocycles. The predicted molar refractivity (Wildman–Crippen MR) is 83.6 cm³/mol. The van der Waals surface area contributed by atoms with Crippen molar-refractivity contribution >= 4 is 26.9 Å². The molecule has 1 atom stereocenters. The summed E-state index contributed by atoms with van der Waals surface area (Å²) >= 11 is 0. The number of hydrogen-bond donors (Lipinski definition) is 1. The van der Waals surface area contributed by atoms with Crippen LogP contribution in [0.2, 0.25) is 0 Å². The minimum Gasteiger partial charge on any atom is -0.479 e. The molecule has 23 heavy (non-hydrogen) atoms. The molecule has 3 rings (SSSR count). The normalized spacial score (nSPS) is 18.0. The first-order valence-corrected chi connectivity index (χ1v) is 8.59. The van der Waals surface area contributed by atoms with Gasteiger partial charge in [0, 0.05) is 44.9 Å². The zero-order chi connectivity index (χ0) is 16.8. The summed E-state index contributed by atoms with van der Waals surface area (Å²) in [5, 5.41) is 10.0. The maximum atomic E-state index is 12.6. The number of aliphatic carboxylic acids is 1. The molecule has 0 spiro atoms. The molecule has 0 aliphatic carbocycles. The van der Waals surface area contributed by atoms with Gasteiger partial charge in [0.1, 0.15) is 0 Å². The van der Waals surface area contributed by atoms with Gasteiger partial charge in [0.05, 0.1) is 4.90 Å². The number of nitrogens with zero attached hydrogens (tertiary/aromatic N) is 2. The summed E-state index contributed by atoms with van der Waals surface area (Å²) in [4.78, 5) is 11.3. The van der Waals surface area contributed by atoms with Crippen molar-refractivity contribution in [3.05, 3.63) is 30.5 Å². The number of rotatable bonds is 5. The van der Waals surface area contributed by atoms with Gasteiger partial charge in [0.15, 0.2) is 6.10 Å². The highest BCUT2D eigenvalue weighted by Crippen LogP contribution is 2.29. The summed E-state index contributed by atoms with van der Waals surface area (Å²) in [7, 11) is -0.443. The predicted octanol–water partition coefficient (Wildman–Crippen LogP) is 0.898. The lowest BCUT2D eigenvalue weighted by Gasteiger charge is -2.40. The van der Waals surface area contributed by atoms with E-state index in [0.717, 1.165) is 10.9 Å². The number of hydrogen-bond acceptors (Lipinski definition) is 4. The van der Waals surface area contributed by atoms with Gasteiger partial charge >= 0.3 is 5.97 Å². The average Bonchev–Trinajstić information content (AvgIpc) is 2.82. The topological polar surface area (TPSA) is 88.8 Å². The fraction of sp³-hybridized carbons (Fsp3) is 0.400. The first kappa shape index (κ1) is 16.0. The molecule has 0 radical (unpaired) electrons.